The number of carbonyl (C=O) groups excluding carboxylic acids is 1. The van der Waals surface area contributed by atoms with Crippen molar-refractivity contribution >= 4 is 53.0 Å². The molecule has 19 heavy (non-hydrogen) atoms. The molecule has 1 rings (SSSR count). The van der Waals surface area contributed by atoms with Crippen LogP contribution in [0, 0.1) is 0 Å². The van der Waals surface area contributed by atoms with E-state index in [0.717, 1.165) is 21.4 Å². The first kappa shape index (κ1) is 19.1. The summed E-state index contributed by atoms with van der Waals surface area (Å²) in [5.74, 6) is 0.936. The van der Waals surface area contributed by atoms with E-state index in [1.807, 2.05) is 25.3 Å². The van der Waals surface area contributed by atoms with Crippen LogP contribution in [0.1, 0.15) is 18.2 Å². The molecule has 2 N–H and O–H groups in total. The highest BCUT2D eigenvalue weighted by Crippen LogP contribution is 2.22. The molecule has 110 valence electrons. The van der Waals surface area contributed by atoms with E-state index in [4.69, 9.17) is 17.3 Å². The van der Waals surface area contributed by atoms with E-state index in [-0.39, 0.29) is 18.3 Å². The van der Waals surface area contributed by atoms with E-state index < -0.39 is 6.04 Å². The lowest BCUT2D eigenvalue weighted by Gasteiger charge is -2.23. The molecule has 1 heterocycles. The smallest absolute Gasteiger partial charge is 0.239 e. The number of nitrogens with two attached hydrogens (primary N) is 1. The molecule has 1 amide bonds. The molecule has 0 aliphatic carbocycles. The van der Waals surface area contributed by atoms with Gasteiger partial charge in [0.25, 0.3) is 0 Å². The summed E-state index contributed by atoms with van der Waals surface area (Å²) >= 11 is 9.10. The fraction of sp³-hybridized carbons (Fsp3) is 0.583. The number of rotatable bonds is 7. The van der Waals surface area contributed by atoms with Crippen molar-refractivity contribution in [3.63, 3.8) is 0 Å². The molecule has 0 spiro atoms. The van der Waals surface area contributed by atoms with E-state index in [1.165, 1.54) is 11.3 Å². The largest absolute Gasteiger partial charge is 0.336 e. The highest BCUT2D eigenvalue weighted by molar-refractivity contribution is 7.98. The highest BCUT2D eigenvalue weighted by atomic mass is 35.5. The predicted molar refractivity (Wildman–Crippen MR) is 88.6 cm³/mol. The molecule has 0 aromatic carbocycles. The van der Waals surface area contributed by atoms with Crippen LogP contribution in [-0.4, -0.2) is 35.4 Å². The van der Waals surface area contributed by atoms with Crippen molar-refractivity contribution < 1.29 is 4.79 Å². The van der Waals surface area contributed by atoms with Gasteiger partial charge in [-0.25, -0.2) is 0 Å². The minimum absolute atomic E-state index is 0. The number of thiophene rings is 1. The third-order valence-corrected chi connectivity index (χ3v) is 4.48. The topological polar surface area (TPSA) is 46.3 Å². The van der Waals surface area contributed by atoms with Crippen molar-refractivity contribution in [3.8, 4) is 0 Å². The standard InChI is InChI=1S/C12H19ClN2OS2.ClH/c1-3-15(8-9-4-5-11(13)18-9)12(16)10(14)6-7-17-2;/h4-5,10H,3,6-8,14H2,1-2H3;1H/t10-;/m0./s1. The molecule has 7 heteroatoms. The van der Waals surface area contributed by atoms with Crippen LogP contribution in [0.15, 0.2) is 12.1 Å². The van der Waals surface area contributed by atoms with Crippen molar-refractivity contribution in [1.82, 2.24) is 4.90 Å². The van der Waals surface area contributed by atoms with Crippen molar-refractivity contribution in [2.45, 2.75) is 25.9 Å². The number of hydrogen-bond donors (Lipinski definition) is 1. The van der Waals surface area contributed by atoms with Gasteiger partial charge in [0.15, 0.2) is 0 Å². The summed E-state index contributed by atoms with van der Waals surface area (Å²) in [5, 5.41) is 0. The Morgan fingerprint density at radius 1 is 1.58 bits per heavy atom. The number of likely N-dealkylation sites (N-methyl/N-ethyl adjacent to an activating group) is 1. The van der Waals surface area contributed by atoms with Crippen LogP contribution >= 0.6 is 47.1 Å². The first-order valence-electron chi connectivity index (χ1n) is 5.86. The second kappa shape index (κ2) is 9.88. The zero-order chi connectivity index (χ0) is 13.5. The molecular weight excluding hydrogens is 323 g/mol. The normalized spacial score (nSPS) is 11.8. The van der Waals surface area contributed by atoms with E-state index in [0.29, 0.717) is 13.1 Å². The van der Waals surface area contributed by atoms with Gasteiger partial charge in [0, 0.05) is 11.4 Å². The molecule has 0 fully saturated rings. The molecular formula is C12H20Cl2N2OS2. The third kappa shape index (κ3) is 6.36. The number of halogens is 2. The molecule has 1 atom stereocenters. The maximum atomic E-state index is 12.2. The van der Waals surface area contributed by atoms with E-state index in [1.54, 1.807) is 16.7 Å². The van der Waals surface area contributed by atoms with E-state index >= 15 is 0 Å². The van der Waals surface area contributed by atoms with Gasteiger partial charge in [0.1, 0.15) is 0 Å². The van der Waals surface area contributed by atoms with Crippen LogP contribution < -0.4 is 5.73 Å². The summed E-state index contributed by atoms with van der Waals surface area (Å²) in [7, 11) is 0. The molecule has 0 unspecified atom stereocenters. The molecule has 0 saturated carbocycles. The van der Waals surface area contributed by atoms with Crippen molar-refractivity contribution in [3.05, 3.63) is 21.3 Å². The van der Waals surface area contributed by atoms with E-state index in [2.05, 4.69) is 0 Å². The quantitative estimate of drug-likeness (QED) is 0.827. The van der Waals surface area contributed by atoms with Crippen LogP contribution in [0.25, 0.3) is 0 Å². The van der Waals surface area contributed by atoms with Crippen molar-refractivity contribution in [2.24, 2.45) is 5.73 Å². The Morgan fingerprint density at radius 2 is 2.26 bits per heavy atom. The lowest BCUT2D eigenvalue weighted by molar-refractivity contribution is -0.133. The van der Waals surface area contributed by atoms with Gasteiger partial charge < -0.3 is 10.6 Å². The molecule has 0 radical (unpaired) electrons. The summed E-state index contributed by atoms with van der Waals surface area (Å²) in [6.45, 7) is 3.23. The lowest BCUT2D eigenvalue weighted by atomic mass is 10.2. The Hall–Kier alpha value is 0.0600. The Balaban J connectivity index is 0.00000324. The molecule has 3 nitrogen and oxygen atoms in total. The van der Waals surface area contributed by atoms with Gasteiger partial charge in [-0.05, 0) is 37.5 Å². The number of hydrogen-bond acceptors (Lipinski definition) is 4. The lowest BCUT2D eigenvalue weighted by Crippen LogP contribution is -2.43. The van der Waals surface area contributed by atoms with Crippen LogP contribution in [0.3, 0.4) is 0 Å². The summed E-state index contributed by atoms with van der Waals surface area (Å²) in [4.78, 5) is 15.0. The zero-order valence-corrected chi connectivity index (χ0v) is 14.3. The molecule has 0 bridgehead atoms. The van der Waals surface area contributed by atoms with E-state index in [9.17, 15) is 4.79 Å². The van der Waals surface area contributed by atoms with Crippen LogP contribution in [-0.2, 0) is 11.3 Å². The molecule has 1 aromatic heterocycles. The number of thioether (sulfide) groups is 1. The minimum atomic E-state index is -0.396. The van der Waals surface area contributed by atoms with Crippen molar-refractivity contribution in [2.75, 3.05) is 18.6 Å². The fourth-order valence-corrected chi connectivity index (χ4v) is 3.17. The number of carbonyl (C=O) groups is 1. The Kier molecular flexibility index (Phi) is 9.92. The molecule has 0 aliphatic rings. The van der Waals surface area contributed by atoms with Gasteiger partial charge in [-0.1, -0.05) is 11.6 Å². The minimum Gasteiger partial charge on any atom is -0.336 e. The Morgan fingerprint density at radius 3 is 2.74 bits per heavy atom. The SMILES string of the molecule is CCN(Cc1ccc(Cl)s1)C(=O)[C@@H](N)CCSC.Cl. The predicted octanol–water partition coefficient (Wildman–Crippen LogP) is 3.25. The van der Waals surface area contributed by atoms with Crippen LogP contribution in [0.2, 0.25) is 4.34 Å². The fourth-order valence-electron chi connectivity index (χ4n) is 1.57. The summed E-state index contributed by atoms with van der Waals surface area (Å²) < 4.78 is 0.750. The zero-order valence-electron chi connectivity index (χ0n) is 11.1. The third-order valence-electron chi connectivity index (χ3n) is 2.62. The summed E-state index contributed by atoms with van der Waals surface area (Å²) in [6, 6.07) is 3.41. The van der Waals surface area contributed by atoms with Crippen LogP contribution in [0.4, 0.5) is 0 Å². The second-order valence-corrected chi connectivity index (χ2v) is 6.73. The first-order chi connectivity index (χ1) is 8.58. The maximum Gasteiger partial charge on any atom is 0.239 e. The summed E-state index contributed by atoms with van der Waals surface area (Å²) in [6.07, 6.45) is 2.74. The number of amides is 1. The van der Waals surface area contributed by atoms with Gasteiger partial charge in [-0.15, -0.1) is 23.7 Å². The highest BCUT2D eigenvalue weighted by Gasteiger charge is 2.20. The van der Waals surface area contributed by atoms with Gasteiger partial charge in [-0.3, -0.25) is 4.79 Å². The van der Waals surface area contributed by atoms with Gasteiger partial charge >= 0.3 is 0 Å². The average molecular weight is 343 g/mol. The maximum absolute atomic E-state index is 12.2. The molecule has 1 aromatic rings. The molecule has 0 aliphatic heterocycles. The van der Waals surface area contributed by atoms with Crippen LogP contribution in [0.5, 0.6) is 0 Å². The van der Waals surface area contributed by atoms with Gasteiger partial charge in [0.2, 0.25) is 5.91 Å². The average Bonchev–Trinajstić information content (AvgIpc) is 2.77. The van der Waals surface area contributed by atoms with Gasteiger partial charge in [-0.2, -0.15) is 11.8 Å². The first-order valence-corrected chi connectivity index (χ1v) is 8.44. The number of nitrogens with zero attached hydrogens (tertiary/aromatic N) is 1. The Labute approximate surface area is 134 Å². The second-order valence-electron chi connectivity index (χ2n) is 3.95. The summed E-state index contributed by atoms with van der Waals surface area (Å²) in [5.41, 5.74) is 5.91. The molecule has 0 saturated heterocycles. The van der Waals surface area contributed by atoms with Crippen molar-refractivity contribution in [1.29, 1.82) is 0 Å². The monoisotopic (exact) mass is 342 g/mol. The Bertz CT molecular complexity index is 388. The van der Waals surface area contributed by atoms with Gasteiger partial charge in [0.05, 0.1) is 16.9 Å².